The van der Waals surface area contributed by atoms with E-state index >= 15 is 0 Å². The number of benzene rings is 1. The number of esters is 2. The number of likely N-dealkylation sites (N-methyl/N-ethyl adjacent to an activating group) is 2. The number of aliphatic hydroxyl groups is 1. The van der Waals surface area contributed by atoms with E-state index in [0.717, 1.165) is 0 Å². The van der Waals surface area contributed by atoms with Crippen LogP contribution in [0.25, 0.3) is 5.57 Å². The molecule has 48 heavy (non-hydrogen) atoms. The van der Waals surface area contributed by atoms with Crippen LogP contribution in [0.3, 0.4) is 0 Å². The fourth-order valence-electron chi connectivity index (χ4n) is 5.02. The van der Waals surface area contributed by atoms with Crippen LogP contribution in [0, 0.1) is 0 Å². The number of hydrogen-bond donors (Lipinski definition) is 2. The molecule has 0 saturated carbocycles. The highest BCUT2D eigenvalue weighted by Crippen LogP contribution is 2.42. The summed E-state index contributed by atoms with van der Waals surface area (Å²) in [6.07, 6.45) is 4.98. The molecule has 2 N–H and O–H groups in total. The van der Waals surface area contributed by atoms with Crippen molar-refractivity contribution < 1.29 is 38.6 Å². The molecule has 0 atom stereocenters. The van der Waals surface area contributed by atoms with Crippen LogP contribution < -0.4 is 10.2 Å². The molecule has 2 aliphatic rings. The van der Waals surface area contributed by atoms with Crippen molar-refractivity contribution in [2.75, 3.05) is 49.6 Å². The Morgan fingerprint density at radius 1 is 0.875 bits per heavy atom. The van der Waals surface area contributed by atoms with E-state index in [1.165, 1.54) is 13.8 Å². The summed E-state index contributed by atoms with van der Waals surface area (Å²) in [7, 11) is 0. The molecule has 0 aromatic heterocycles. The van der Waals surface area contributed by atoms with Gasteiger partial charge in [-0.2, -0.15) is 0 Å². The quantitative estimate of drug-likeness (QED) is 0.214. The number of hydrogen-bond acceptors (Lipinski definition) is 10. The number of nitrogens with one attached hydrogen (secondary N) is 1. The summed E-state index contributed by atoms with van der Waals surface area (Å²) in [5, 5.41) is 14.0. The first-order valence-corrected chi connectivity index (χ1v) is 15.5. The Bertz CT molecular complexity index is 1710. The first-order chi connectivity index (χ1) is 22.7. The first-order valence-electron chi connectivity index (χ1n) is 15.5. The van der Waals surface area contributed by atoms with Gasteiger partial charge in [-0.3, -0.25) is 14.4 Å². The van der Waals surface area contributed by atoms with Crippen LogP contribution in [-0.2, 0) is 33.4 Å². The van der Waals surface area contributed by atoms with E-state index in [4.69, 9.17) is 9.47 Å². The van der Waals surface area contributed by atoms with Crippen molar-refractivity contribution in [3.05, 3.63) is 88.9 Å². The Morgan fingerprint density at radius 3 is 1.96 bits per heavy atom. The lowest BCUT2D eigenvalue weighted by molar-refractivity contribution is -0.139. The smallest absolute Gasteiger partial charge is 0.333 e. The van der Waals surface area contributed by atoms with E-state index in [2.05, 4.69) is 23.5 Å². The Kier molecular flexibility index (Phi) is 12.6. The van der Waals surface area contributed by atoms with Crippen LogP contribution in [0.15, 0.2) is 88.3 Å². The van der Waals surface area contributed by atoms with Crippen LogP contribution in [-0.4, -0.2) is 84.6 Å². The molecule has 1 aromatic rings. The number of ketones is 1. The lowest BCUT2D eigenvalue weighted by Gasteiger charge is -2.29. The number of ether oxygens (including phenoxy) is 2. The number of carbonyl (C=O) groups is 5. The third-order valence-electron chi connectivity index (χ3n) is 7.42. The maximum Gasteiger partial charge on any atom is 0.333 e. The Balaban J connectivity index is 1.97. The second-order valence-electron chi connectivity index (χ2n) is 11.2. The average molecular weight is 659 g/mol. The van der Waals surface area contributed by atoms with Gasteiger partial charge >= 0.3 is 11.9 Å². The van der Waals surface area contributed by atoms with Crippen molar-refractivity contribution in [3.63, 3.8) is 0 Å². The van der Waals surface area contributed by atoms with Crippen LogP contribution in [0.2, 0.25) is 0 Å². The van der Waals surface area contributed by atoms with Gasteiger partial charge in [-0.15, -0.1) is 0 Å². The molecular weight excluding hydrogens is 616 g/mol. The van der Waals surface area contributed by atoms with Gasteiger partial charge in [-0.1, -0.05) is 13.2 Å². The summed E-state index contributed by atoms with van der Waals surface area (Å²) >= 11 is 0. The fraction of sp³-hybridized carbons (Fsp3) is 0.333. The highest BCUT2D eigenvalue weighted by Gasteiger charge is 2.39. The zero-order valence-electron chi connectivity index (χ0n) is 28.3. The van der Waals surface area contributed by atoms with Crippen molar-refractivity contribution >= 4 is 52.2 Å². The van der Waals surface area contributed by atoms with Gasteiger partial charge in [0.1, 0.15) is 19.0 Å². The average Bonchev–Trinajstić information content (AvgIpc) is 3.02. The standard InChI is InChI=1S/C36H42N4O8/c1-9-39(15-17-47-35(45)21(3)4)25-11-13-27(29(19-25)37-23(7)41)31-33(43)32(34(31)44)28-14-12-26(20-30(28)38-24(8)42)40(10-2)16-18-48-36(46)22(5)6/h11-14,19-20,43H,3,5,9-10,15-18H2,1-2,4,6-8H3,(H,37,41)/b32-28+,38-30?. The number of nitrogens with zero attached hydrogens (tertiary/aromatic N) is 3. The van der Waals surface area contributed by atoms with Gasteiger partial charge in [-0.05, 0) is 64.1 Å². The molecule has 2 aliphatic carbocycles. The third kappa shape index (κ3) is 8.84. The van der Waals surface area contributed by atoms with E-state index in [0.29, 0.717) is 60.0 Å². The molecule has 254 valence electrons. The van der Waals surface area contributed by atoms with Gasteiger partial charge in [0.05, 0.1) is 35.6 Å². The van der Waals surface area contributed by atoms with E-state index in [1.54, 1.807) is 50.3 Å². The van der Waals surface area contributed by atoms with Crippen LogP contribution in [0.1, 0.15) is 47.1 Å². The normalized spacial score (nSPS) is 16.2. The molecule has 3 rings (SSSR count). The minimum absolute atomic E-state index is 0.00565. The molecule has 0 heterocycles. The Labute approximate surface area is 280 Å². The molecular formula is C36H42N4O8. The van der Waals surface area contributed by atoms with Crippen LogP contribution >= 0.6 is 0 Å². The Morgan fingerprint density at radius 2 is 1.46 bits per heavy atom. The van der Waals surface area contributed by atoms with Crippen molar-refractivity contribution in [3.8, 4) is 0 Å². The number of Topliss-reactive ketones (excluding diaryl/α,β-unsaturated/α-hetero) is 1. The largest absolute Gasteiger partial charge is 0.506 e. The first kappa shape index (κ1) is 36.9. The van der Waals surface area contributed by atoms with E-state index in [1.807, 2.05) is 23.6 Å². The number of amides is 2. The monoisotopic (exact) mass is 658 g/mol. The predicted molar refractivity (Wildman–Crippen MR) is 184 cm³/mol. The summed E-state index contributed by atoms with van der Waals surface area (Å²) in [5.41, 5.74) is 3.02. The molecule has 2 amide bonds. The molecule has 0 aliphatic heterocycles. The van der Waals surface area contributed by atoms with Crippen LogP contribution in [0.4, 0.5) is 11.4 Å². The Hall–Kier alpha value is -5.52. The summed E-state index contributed by atoms with van der Waals surface area (Å²) in [4.78, 5) is 69.5. The maximum atomic E-state index is 13.7. The van der Waals surface area contributed by atoms with E-state index in [-0.39, 0.29) is 47.3 Å². The van der Waals surface area contributed by atoms with Crippen LogP contribution in [0.5, 0.6) is 0 Å². The summed E-state index contributed by atoms with van der Waals surface area (Å²) in [5.74, 6) is -2.65. The van der Waals surface area contributed by atoms with Gasteiger partial charge in [0, 0.05) is 60.6 Å². The van der Waals surface area contributed by atoms with Crippen molar-refractivity contribution in [2.24, 2.45) is 4.99 Å². The van der Waals surface area contributed by atoms with E-state index in [9.17, 15) is 29.1 Å². The maximum absolute atomic E-state index is 13.7. The molecule has 1 aromatic carbocycles. The lowest BCUT2D eigenvalue weighted by atomic mass is 9.78. The molecule has 0 radical (unpaired) electrons. The topological polar surface area (TPSA) is 155 Å². The van der Waals surface area contributed by atoms with E-state index < -0.39 is 23.6 Å². The number of carbonyl (C=O) groups excluding carboxylic acids is 5. The summed E-state index contributed by atoms with van der Waals surface area (Å²) < 4.78 is 10.4. The van der Waals surface area contributed by atoms with Crippen molar-refractivity contribution in [1.82, 2.24) is 4.90 Å². The molecule has 12 heteroatoms. The molecule has 0 fully saturated rings. The van der Waals surface area contributed by atoms with Gasteiger partial charge < -0.3 is 29.7 Å². The SMILES string of the molecule is C=C(C)C(=O)OCCN(CC)C1=CC(=NC(C)=O)/C(=C2/C(=O)C(c3ccc(N(CC)CCOC(=O)C(=C)C)cc3NC(C)=O)=C2O)C=C1. The molecule has 0 saturated heterocycles. The lowest BCUT2D eigenvalue weighted by Crippen LogP contribution is -2.30. The molecule has 12 nitrogen and oxygen atoms in total. The fourth-order valence-corrected chi connectivity index (χ4v) is 5.02. The second kappa shape index (κ2) is 16.3. The minimum Gasteiger partial charge on any atom is -0.506 e. The summed E-state index contributed by atoms with van der Waals surface area (Å²) in [6, 6.07) is 5.06. The third-order valence-corrected chi connectivity index (χ3v) is 7.42. The highest BCUT2D eigenvalue weighted by molar-refractivity contribution is 6.42. The number of allylic oxidation sites excluding steroid dienone is 6. The predicted octanol–water partition coefficient (Wildman–Crippen LogP) is 4.62. The van der Waals surface area contributed by atoms with Gasteiger partial charge in [0.25, 0.3) is 0 Å². The zero-order valence-corrected chi connectivity index (χ0v) is 28.3. The number of rotatable bonds is 14. The number of aliphatic imine (C=N–C) groups is 1. The van der Waals surface area contributed by atoms with Crippen molar-refractivity contribution in [2.45, 2.75) is 41.5 Å². The highest BCUT2D eigenvalue weighted by atomic mass is 16.5. The molecule has 0 unspecified atom stereocenters. The molecule has 0 spiro atoms. The van der Waals surface area contributed by atoms with Crippen molar-refractivity contribution in [1.29, 1.82) is 0 Å². The minimum atomic E-state index is -0.499. The zero-order chi connectivity index (χ0) is 35.7. The number of aliphatic hydroxyl groups excluding tert-OH is 1. The van der Waals surface area contributed by atoms with Gasteiger partial charge in [0.15, 0.2) is 0 Å². The van der Waals surface area contributed by atoms with Gasteiger partial charge in [0.2, 0.25) is 17.6 Å². The molecule has 0 bridgehead atoms. The second-order valence-corrected chi connectivity index (χ2v) is 11.2. The number of anilines is 2. The van der Waals surface area contributed by atoms with Gasteiger partial charge in [-0.25, -0.2) is 14.6 Å². The summed E-state index contributed by atoms with van der Waals surface area (Å²) in [6.45, 7) is 18.8.